The van der Waals surface area contributed by atoms with E-state index in [0.29, 0.717) is 17.4 Å². The van der Waals surface area contributed by atoms with Crippen molar-refractivity contribution in [2.24, 2.45) is 0 Å². The molecule has 0 aliphatic rings. The Bertz CT molecular complexity index is 2340. The summed E-state index contributed by atoms with van der Waals surface area (Å²) in [5.74, 6) is -0.794. The largest absolute Gasteiger partial charge is 0.472 e. The molecule has 0 saturated carbocycles. The average Bonchev–Trinajstić information content (AvgIpc) is 0.913. The molecule has 2 unspecified atom stereocenters. The molecule has 0 aromatic rings. The van der Waals surface area contributed by atoms with Gasteiger partial charge in [-0.25, -0.2) is 4.57 Å². The predicted octanol–water partition coefficient (Wildman–Crippen LogP) is 28.4. The number of nitrogens with zero attached hydrogens (tertiary/aromatic N) is 1. The van der Waals surface area contributed by atoms with E-state index in [0.717, 1.165) is 128 Å². The van der Waals surface area contributed by atoms with Crippen LogP contribution < -0.4 is 0 Å². The van der Waals surface area contributed by atoms with Crippen molar-refractivity contribution < 1.29 is 42.1 Å². The number of phosphoric ester groups is 1. The van der Waals surface area contributed by atoms with E-state index in [9.17, 15) is 19.0 Å². The predicted molar refractivity (Wildman–Crippen MR) is 445 cm³/mol. The summed E-state index contributed by atoms with van der Waals surface area (Å²) in [5, 5.41) is 0. The second-order valence-corrected chi connectivity index (χ2v) is 30.2. The molecule has 0 fully saturated rings. The molecule has 0 rings (SSSR count). The van der Waals surface area contributed by atoms with Gasteiger partial charge in [0.2, 0.25) is 0 Å². The molecule has 9 nitrogen and oxygen atoms in total. The van der Waals surface area contributed by atoms with Crippen LogP contribution >= 0.6 is 7.82 Å². The molecule has 0 saturated heterocycles. The summed E-state index contributed by atoms with van der Waals surface area (Å²) < 4.78 is 34.9. The van der Waals surface area contributed by atoms with Crippen molar-refractivity contribution >= 4 is 19.8 Å². The number of allylic oxidation sites excluding steroid dienone is 28. The number of likely N-dealkylation sites (N-methyl/N-ethyl adjacent to an activating group) is 1. The molecule has 102 heavy (non-hydrogen) atoms. The van der Waals surface area contributed by atoms with Crippen molar-refractivity contribution in [2.45, 2.75) is 354 Å². The van der Waals surface area contributed by atoms with Crippen LogP contribution in [0.4, 0.5) is 0 Å². The Morgan fingerprint density at radius 3 is 0.784 bits per heavy atom. The minimum absolute atomic E-state index is 0.0265. The number of esters is 2. The van der Waals surface area contributed by atoms with E-state index in [1.165, 1.54) is 186 Å². The van der Waals surface area contributed by atoms with Gasteiger partial charge in [-0.1, -0.05) is 377 Å². The number of hydrogen-bond acceptors (Lipinski definition) is 7. The standard InChI is InChI=1S/C92H156NO8P/c1-6-8-10-12-14-16-18-20-22-24-26-28-30-32-34-36-38-40-42-44-45-46-47-49-50-52-54-56-58-60-62-64-66-68-70-72-74-76-78-80-82-84-91(94)98-88-90(89-100-102(96,97)99-87-86-93(3,4)5)101-92(95)85-83-81-79-77-75-73-71-69-67-65-63-61-59-57-55-53-51-48-43-41-39-37-35-33-31-29-27-25-23-21-19-17-15-13-11-9-7-2/h8-11,14-17,20-23,26-29,32-35,38-41,48,51,55,57,90H,6-7,12-13,18-19,24-25,30-31,36-37,42-47,49-50,52-54,56,58-89H2,1-5H3/p+1/b10-8-,11-9-,16-14-,17-15-,22-20-,23-21-,28-26-,29-27-,34-32-,35-33-,40-38-,41-39-,51-48-,57-55-. The first-order valence-electron chi connectivity index (χ1n) is 41.9. The van der Waals surface area contributed by atoms with Gasteiger partial charge in [0.25, 0.3) is 0 Å². The minimum atomic E-state index is -4.41. The second kappa shape index (κ2) is 80.5. The number of carbonyl (C=O) groups is 2. The average molecular weight is 1440 g/mol. The van der Waals surface area contributed by atoms with Crippen LogP contribution in [0, 0.1) is 0 Å². The maximum absolute atomic E-state index is 12.9. The van der Waals surface area contributed by atoms with Crippen LogP contribution in [0.3, 0.4) is 0 Å². The zero-order chi connectivity index (χ0) is 74.0. The maximum atomic E-state index is 12.9. The lowest BCUT2D eigenvalue weighted by molar-refractivity contribution is -0.870. The normalized spacial score (nSPS) is 13.9. The van der Waals surface area contributed by atoms with E-state index in [4.69, 9.17) is 18.5 Å². The van der Waals surface area contributed by atoms with Gasteiger partial charge in [-0.2, -0.15) is 0 Å². The molecule has 0 bridgehead atoms. The Kier molecular flexibility index (Phi) is 76.8. The quantitative estimate of drug-likeness (QED) is 0.0211. The van der Waals surface area contributed by atoms with Gasteiger partial charge < -0.3 is 18.9 Å². The van der Waals surface area contributed by atoms with E-state index in [1.807, 2.05) is 21.1 Å². The van der Waals surface area contributed by atoms with E-state index >= 15 is 0 Å². The molecular weight excluding hydrogens is 1280 g/mol. The fraction of sp³-hybridized carbons (Fsp3) is 0.674. The molecule has 2 atom stereocenters. The Labute approximate surface area is 629 Å². The van der Waals surface area contributed by atoms with Gasteiger partial charge in [-0.3, -0.25) is 18.6 Å². The van der Waals surface area contributed by atoms with E-state index in [1.54, 1.807) is 0 Å². The maximum Gasteiger partial charge on any atom is 0.472 e. The lowest BCUT2D eigenvalue weighted by Gasteiger charge is -2.24. The molecule has 0 aliphatic heterocycles. The first kappa shape index (κ1) is 97.4. The summed E-state index contributed by atoms with van der Waals surface area (Å²) in [6.45, 7) is 4.23. The lowest BCUT2D eigenvalue weighted by atomic mass is 10.0. The van der Waals surface area contributed by atoms with Gasteiger partial charge in [0.05, 0.1) is 27.7 Å². The molecule has 10 heteroatoms. The van der Waals surface area contributed by atoms with Gasteiger partial charge in [0.1, 0.15) is 19.8 Å². The monoisotopic (exact) mass is 1440 g/mol. The van der Waals surface area contributed by atoms with Crippen molar-refractivity contribution in [3.8, 4) is 0 Å². The SMILES string of the molecule is CC/C=C\C/C=C\C/C=C\C/C=C\C/C=C\C/C=C\C/C=C\C/C=C\CCCCCCCCCCCCCCC(=O)OC(COC(=O)CCCCCCCCCCCCCCCCCCCCCCCC/C=C\C/C=C\C/C=C\C/C=C\C/C=C\C/C=C\CC)COP(=O)(O)OCC[N+](C)(C)C. The van der Waals surface area contributed by atoms with Crippen LogP contribution in [0.25, 0.3) is 0 Å². The second-order valence-electron chi connectivity index (χ2n) is 28.7. The van der Waals surface area contributed by atoms with Crippen molar-refractivity contribution in [3.05, 3.63) is 170 Å². The Balaban J connectivity index is 3.97. The van der Waals surface area contributed by atoms with Gasteiger partial charge in [0.15, 0.2) is 6.10 Å². The molecule has 0 radical (unpaired) electrons. The van der Waals surface area contributed by atoms with Gasteiger partial charge in [-0.15, -0.1) is 0 Å². The highest BCUT2D eigenvalue weighted by molar-refractivity contribution is 7.47. The molecule has 0 heterocycles. The molecule has 1 N–H and O–H groups in total. The third kappa shape index (κ3) is 84.3. The Morgan fingerprint density at radius 2 is 0.529 bits per heavy atom. The Morgan fingerprint density at radius 1 is 0.304 bits per heavy atom. The molecule has 0 aromatic carbocycles. The van der Waals surface area contributed by atoms with Crippen molar-refractivity contribution in [1.82, 2.24) is 0 Å². The van der Waals surface area contributed by atoms with Gasteiger partial charge in [-0.05, 0) is 128 Å². The minimum Gasteiger partial charge on any atom is -0.462 e. The van der Waals surface area contributed by atoms with Crippen LogP contribution in [0.2, 0.25) is 0 Å². The van der Waals surface area contributed by atoms with Gasteiger partial charge in [0, 0.05) is 12.8 Å². The fourth-order valence-electron chi connectivity index (χ4n) is 11.5. The summed E-state index contributed by atoms with van der Waals surface area (Å²) in [6, 6.07) is 0. The third-order valence-corrected chi connectivity index (χ3v) is 18.7. The van der Waals surface area contributed by atoms with Gasteiger partial charge >= 0.3 is 19.8 Å². The molecule has 0 aromatic heterocycles. The number of hydrogen-bond donors (Lipinski definition) is 1. The summed E-state index contributed by atoms with van der Waals surface area (Å²) in [5.41, 5.74) is 0. The van der Waals surface area contributed by atoms with Crippen molar-refractivity contribution in [3.63, 3.8) is 0 Å². The Hall–Kier alpha value is -4.63. The first-order valence-corrected chi connectivity index (χ1v) is 43.4. The number of quaternary nitrogens is 1. The van der Waals surface area contributed by atoms with Crippen LogP contribution in [-0.4, -0.2) is 74.9 Å². The van der Waals surface area contributed by atoms with Crippen molar-refractivity contribution in [2.75, 3.05) is 47.5 Å². The van der Waals surface area contributed by atoms with Crippen LogP contribution in [0.5, 0.6) is 0 Å². The molecule has 0 aliphatic carbocycles. The highest BCUT2D eigenvalue weighted by atomic mass is 31.2. The van der Waals surface area contributed by atoms with E-state index in [2.05, 4.69) is 184 Å². The van der Waals surface area contributed by atoms with Crippen LogP contribution in [0.15, 0.2) is 170 Å². The van der Waals surface area contributed by atoms with Crippen molar-refractivity contribution in [1.29, 1.82) is 0 Å². The van der Waals surface area contributed by atoms with Crippen LogP contribution in [0.1, 0.15) is 348 Å². The smallest absolute Gasteiger partial charge is 0.462 e. The zero-order valence-electron chi connectivity index (χ0n) is 66.5. The van der Waals surface area contributed by atoms with E-state index < -0.39 is 26.5 Å². The number of carbonyl (C=O) groups excluding carboxylic acids is 2. The topological polar surface area (TPSA) is 108 Å². The number of phosphoric acid groups is 1. The first-order chi connectivity index (χ1) is 50.0. The van der Waals surface area contributed by atoms with Crippen LogP contribution in [-0.2, 0) is 32.7 Å². The fourth-order valence-corrected chi connectivity index (χ4v) is 12.2. The highest BCUT2D eigenvalue weighted by Crippen LogP contribution is 2.43. The highest BCUT2D eigenvalue weighted by Gasteiger charge is 2.27. The molecule has 0 spiro atoms. The van der Waals surface area contributed by atoms with E-state index in [-0.39, 0.29) is 32.0 Å². The summed E-state index contributed by atoms with van der Waals surface area (Å²) in [7, 11) is 1.47. The summed E-state index contributed by atoms with van der Waals surface area (Å²) >= 11 is 0. The lowest BCUT2D eigenvalue weighted by Crippen LogP contribution is -2.37. The number of ether oxygens (including phenoxy) is 2. The number of unbranched alkanes of at least 4 members (excludes halogenated alkanes) is 34. The molecule has 0 amide bonds. The molecular formula is C92H157NO8P+. The zero-order valence-corrected chi connectivity index (χ0v) is 67.4. The third-order valence-electron chi connectivity index (χ3n) is 17.7. The summed E-state index contributed by atoms with van der Waals surface area (Å²) in [6.07, 6.45) is 122. The number of rotatable bonds is 76. The molecule has 582 valence electrons. The summed E-state index contributed by atoms with van der Waals surface area (Å²) in [4.78, 5) is 36.0.